The Bertz CT molecular complexity index is 611. The van der Waals surface area contributed by atoms with Crippen LogP contribution in [0.15, 0.2) is 34.9 Å². The summed E-state index contributed by atoms with van der Waals surface area (Å²) in [7, 11) is 0. The molecule has 1 aromatic carbocycles. The van der Waals surface area contributed by atoms with Gasteiger partial charge in [0, 0.05) is 22.3 Å². The van der Waals surface area contributed by atoms with Crippen LogP contribution in [0.5, 0.6) is 11.6 Å². The number of halogens is 1. The zero-order valence-electron chi connectivity index (χ0n) is 12.0. The Labute approximate surface area is 128 Å². The van der Waals surface area contributed by atoms with E-state index in [0.29, 0.717) is 5.88 Å². The van der Waals surface area contributed by atoms with Crippen molar-refractivity contribution in [3.63, 3.8) is 0 Å². The largest absolute Gasteiger partial charge is 0.438 e. The summed E-state index contributed by atoms with van der Waals surface area (Å²) in [5.74, 6) is 1.45. The van der Waals surface area contributed by atoms with Crippen molar-refractivity contribution in [2.75, 3.05) is 0 Å². The maximum Gasteiger partial charge on any atom is 0.222 e. The van der Waals surface area contributed by atoms with Gasteiger partial charge in [-0.05, 0) is 56.5 Å². The maximum atomic E-state index is 5.91. The standard InChI is InChI=1S/C16H19BrN2O/c1-10-4-5-14(17)8-15(10)20-16-11(2)6-13(9-19-16)7-12(3)18/h4-6,8-9,12H,7,18H2,1-3H3. The molecule has 0 saturated heterocycles. The number of nitrogens with two attached hydrogens (primary N) is 1. The van der Waals surface area contributed by atoms with E-state index >= 15 is 0 Å². The number of rotatable bonds is 4. The number of hydrogen-bond acceptors (Lipinski definition) is 3. The molecule has 0 radical (unpaired) electrons. The fourth-order valence-corrected chi connectivity index (χ4v) is 2.34. The summed E-state index contributed by atoms with van der Waals surface area (Å²) in [4.78, 5) is 4.40. The third-order valence-electron chi connectivity index (χ3n) is 3.00. The number of aryl methyl sites for hydroxylation is 2. The first-order valence-electron chi connectivity index (χ1n) is 6.61. The van der Waals surface area contributed by atoms with Gasteiger partial charge in [0.2, 0.25) is 5.88 Å². The van der Waals surface area contributed by atoms with E-state index in [1.54, 1.807) is 0 Å². The highest BCUT2D eigenvalue weighted by Crippen LogP contribution is 2.29. The molecular weight excluding hydrogens is 316 g/mol. The lowest BCUT2D eigenvalue weighted by atomic mass is 10.1. The monoisotopic (exact) mass is 334 g/mol. The SMILES string of the molecule is Cc1ccc(Br)cc1Oc1ncc(CC(C)N)cc1C. The number of ether oxygens (including phenoxy) is 1. The van der Waals surface area contributed by atoms with E-state index in [-0.39, 0.29) is 6.04 Å². The van der Waals surface area contributed by atoms with Crippen molar-refractivity contribution in [3.8, 4) is 11.6 Å². The first-order valence-corrected chi connectivity index (χ1v) is 7.40. The highest BCUT2D eigenvalue weighted by atomic mass is 79.9. The lowest BCUT2D eigenvalue weighted by Crippen LogP contribution is -2.17. The number of pyridine rings is 1. The predicted octanol–water partition coefficient (Wildman–Crippen LogP) is 4.14. The van der Waals surface area contributed by atoms with E-state index in [9.17, 15) is 0 Å². The molecule has 0 spiro atoms. The third-order valence-corrected chi connectivity index (χ3v) is 3.49. The van der Waals surface area contributed by atoms with Crippen LogP contribution in [0, 0.1) is 13.8 Å². The molecule has 0 bridgehead atoms. The molecule has 3 nitrogen and oxygen atoms in total. The Morgan fingerprint density at radius 3 is 2.65 bits per heavy atom. The summed E-state index contributed by atoms with van der Waals surface area (Å²) >= 11 is 3.45. The van der Waals surface area contributed by atoms with Crippen molar-refractivity contribution in [2.45, 2.75) is 33.2 Å². The molecule has 1 unspecified atom stereocenters. The predicted molar refractivity (Wildman–Crippen MR) is 85.3 cm³/mol. The summed E-state index contributed by atoms with van der Waals surface area (Å²) < 4.78 is 6.90. The fourth-order valence-electron chi connectivity index (χ4n) is 2.00. The molecule has 2 N–H and O–H groups in total. The van der Waals surface area contributed by atoms with Crippen molar-refractivity contribution in [3.05, 3.63) is 51.6 Å². The molecule has 1 aromatic heterocycles. The first kappa shape index (κ1) is 15.0. The molecule has 2 rings (SSSR count). The van der Waals surface area contributed by atoms with Crippen LogP contribution in [-0.4, -0.2) is 11.0 Å². The normalized spacial score (nSPS) is 12.2. The van der Waals surface area contributed by atoms with Crippen LogP contribution in [0.3, 0.4) is 0 Å². The van der Waals surface area contributed by atoms with Gasteiger partial charge in [-0.25, -0.2) is 4.98 Å². The second-order valence-corrected chi connectivity index (χ2v) is 6.07. The van der Waals surface area contributed by atoms with Crippen LogP contribution in [0.4, 0.5) is 0 Å². The van der Waals surface area contributed by atoms with Crippen LogP contribution in [0.1, 0.15) is 23.6 Å². The molecule has 20 heavy (non-hydrogen) atoms. The zero-order chi connectivity index (χ0) is 14.7. The average Bonchev–Trinajstić information content (AvgIpc) is 2.36. The van der Waals surface area contributed by atoms with Gasteiger partial charge in [0.1, 0.15) is 5.75 Å². The molecule has 2 aromatic rings. The van der Waals surface area contributed by atoms with Crippen molar-refractivity contribution >= 4 is 15.9 Å². The Morgan fingerprint density at radius 1 is 1.25 bits per heavy atom. The van der Waals surface area contributed by atoms with Gasteiger partial charge in [-0.3, -0.25) is 0 Å². The number of benzene rings is 1. The van der Waals surface area contributed by atoms with Crippen LogP contribution in [0.2, 0.25) is 0 Å². The molecule has 0 aliphatic heterocycles. The Kier molecular flexibility index (Phi) is 4.78. The zero-order valence-corrected chi connectivity index (χ0v) is 13.6. The highest BCUT2D eigenvalue weighted by Gasteiger charge is 2.08. The smallest absolute Gasteiger partial charge is 0.222 e. The Hall–Kier alpha value is -1.39. The van der Waals surface area contributed by atoms with Crippen LogP contribution < -0.4 is 10.5 Å². The van der Waals surface area contributed by atoms with Crippen molar-refractivity contribution in [1.82, 2.24) is 4.98 Å². The van der Waals surface area contributed by atoms with Gasteiger partial charge >= 0.3 is 0 Å². The summed E-state index contributed by atoms with van der Waals surface area (Å²) in [5.41, 5.74) is 9.04. The van der Waals surface area contributed by atoms with Crippen LogP contribution in [0.25, 0.3) is 0 Å². The van der Waals surface area contributed by atoms with E-state index < -0.39 is 0 Å². The van der Waals surface area contributed by atoms with Crippen molar-refractivity contribution in [2.24, 2.45) is 5.73 Å². The number of hydrogen-bond donors (Lipinski definition) is 1. The molecule has 0 saturated carbocycles. The number of aromatic nitrogens is 1. The number of nitrogens with zero attached hydrogens (tertiary/aromatic N) is 1. The molecule has 1 atom stereocenters. The van der Waals surface area contributed by atoms with Gasteiger partial charge in [0.05, 0.1) is 0 Å². The van der Waals surface area contributed by atoms with Crippen molar-refractivity contribution < 1.29 is 4.74 Å². The minimum absolute atomic E-state index is 0.135. The van der Waals surface area contributed by atoms with E-state index in [4.69, 9.17) is 10.5 Å². The van der Waals surface area contributed by atoms with Gasteiger partial charge in [-0.15, -0.1) is 0 Å². The summed E-state index contributed by atoms with van der Waals surface area (Å²) in [6.07, 6.45) is 2.66. The molecule has 0 fully saturated rings. The lowest BCUT2D eigenvalue weighted by Gasteiger charge is -2.12. The van der Waals surface area contributed by atoms with Gasteiger partial charge in [-0.1, -0.05) is 22.0 Å². The molecular formula is C16H19BrN2O. The summed E-state index contributed by atoms with van der Waals surface area (Å²) in [5, 5.41) is 0. The summed E-state index contributed by atoms with van der Waals surface area (Å²) in [6.45, 7) is 6.01. The Morgan fingerprint density at radius 2 is 2.00 bits per heavy atom. The quantitative estimate of drug-likeness (QED) is 0.913. The fraction of sp³-hybridized carbons (Fsp3) is 0.312. The highest BCUT2D eigenvalue weighted by molar-refractivity contribution is 9.10. The second-order valence-electron chi connectivity index (χ2n) is 5.16. The first-order chi connectivity index (χ1) is 9.45. The van der Waals surface area contributed by atoms with E-state index in [0.717, 1.165) is 33.3 Å². The minimum Gasteiger partial charge on any atom is -0.438 e. The third kappa shape index (κ3) is 3.81. The van der Waals surface area contributed by atoms with Gasteiger partial charge in [0.25, 0.3) is 0 Å². The molecule has 0 aliphatic rings. The lowest BCUT2D eigenvalue weighted by molar-refractivity contribution is 0.454. The van der Waals surface area contributed by atoms with E-state index in [1.165, 1.54) is 0 Å². The molecule has 0 amide bonds. The topological polar surface area (TPSA) is 48.1 Å². The molecule has 1 heterocycles. The van der Waals surface area contributed by atoms with Crippen molar-refractivity contribution in [1.29, 1.82) is 0 Å². The van der Waals surface area contributed by atoms with Crippen LogP contribution in [-0.2, 0) is 6.42 Å². The molecule has 4 heteroatoms. The second kappa shape index (κ2) is 6.37. The molecule has 0 aliphatic carbocycles. The molecule has 106 valence electrons. The minimum atomic E-state index is 0.135. The average molecular weight is 335 g/mol. The Balaban J connectivity index is 2.23. The summed E-state index contributed by atoms with van der Waals surface area (Å²) in [6, 6.07) is 8.17. The van der Waals surface area contributed by atoms with Crippen LogP contribution >= 0.6 is 15.9 Å². The van der Waals surface area contributed by atoms with E-state index in [1.807, 2.05) is 45.2 Å². The van der Waals surface area contributed by atoms with Gasteiger partial charge in [0.15, 0.2) is 0 Å². The van der Waals surface area contributed by atoms with Gasteiger partial charge < -0.3 is 10.5 Å². The van der Waals surface area contributed by atoms with Gasteiger partial charge in [-0.2, -0.15) is 0 Å². The van der Waals surface area contributed by atoms with E-state index in [2.05, 4.69) is 27.0 Å². The maximum absolute atomic E-state index is 5.91.